The van der Waals surface area contributed by atoms with Gasteiger partial charge in [-0.15, -0.1) is 0 Å². The number of para-hydroxylation sites is 1. The van der Waals surface area contributed by atoms with Crippen LogP contribution in [0.3, 0.4) is 0 Å². The number of phenols is 1. The molecule has 1 aromatic rings. The number of aldehydes is 1. The molecule has 1 N–H and O–H groups in total. The molecule has 0 aromatic heterocycles. The molecule has 2 heteroatoms. The predicted molar refractivity (Wildman–Crippen MR) is 37.6 cm³/mol. The van der Waals surface area contributed by atoms with Crippen LogP contribution in [0, 0.1) is 6.42 Å². The third kappa shape index (κ3) is 1.35. The van der Waals surface area contributed by atoms with Gasteiger partial charge in [0.05, 0.1) is 6.42 Å². The van der Waals surface area contributed by atoms with Crippen LogP contribution in [0.2, 0.25) is 0 Å². The van der Waals surface area contributed by atoms with Crippen molar-refractivity contribution >= 4 is 6.29 Å². The molecular weight excluding hydrogens is 128 g/mol. The number of carbonyl (C=O) groups is 1. The number of hydrogen-bond acceptors (Lipinski definition) is 2. The minimum Gasteiger partial charge on any atom is -0.508 e. The Morgan fingerprint density at radius 2 is 2.00 bits per heavy atom. The molecule has 0 aliphatic carbocycles. The van der Waals surface area contributed by atoms with Gasteiger partial charge in [0.2, 0.25) is 0 Å². The average molecular weight is 135 g/mol. The van der Waals surface area contributed by atoms with Gasteiger partial charge in [0.15, 0.2) is 0 Å². The van der Waals surface area contributed by atoms with Gasteiger partial charge < -0.3 is 9.90 Å². The summed E-state index contributed by atoms with van der Waals surface area (Å²) in [5.41, 5.74) is 0.553. The molecule has 0 heterocycles. The van der Waals surface area contributed by atoms with Crippen molar-refractivity contribution in [2.24, 2.45) is 0 Å². The quantitative estimate of drug-likeness (QED) is 0.617. The van der Waals surface area contributed by atoms with E-state index in [0.717, 1.165) is 0 Å². The Morgan fingerprint density at radius 3 is 2.60 bits per heavy atom. The van der Waals surface area contributed by atoms with Crippen molar-refractivity contribution in [1.29, 1.82) is 0 Å². The summed E-state index contributed by atoms with van der Waals surface area (Å²) in [6, 6.07) is 6.67. The Morgan fingerprint density at radius 1 is 1.30 bits per heavy atom. The molecular formula is C8H7O2. The fraction of sp³-hybridized carbons (Fsp3) is 0. The van der Waals surface area contributed by atoms with Crippen LogP contribution >= 0.6 is 0 Å². The topological polar surface area (TPSA) is 37.3 Å². The number of carbonyl (C=O) groups excluding carboxylic acids is 1. The minimum atomic E-state index is 0.134. The predicted octanol–water partition coefficient (Wildman–Crippen LogP) is 1.14. The highest BCUT2D eigenvalue weighted by molar-refractivity contribution is 5.69. The van der Waals surface area contributed by atoms with Crippen molar-refractivity contribution in [3.8, 4) is 5.75 Å². The van der Waals surface area contributed by atoms with Crippen LogP contribution in [0.1, 0.15) is 5.56 Å². The molecule has 0 spiro atoms. The second-order valence-electron chi connectivity index (χ2n) is 1.86. The lowest BCUT2D eigenvalue weighted by Gasteiger charge is -1.96. The second kappa shape index (κ2) is 3.01. The van der Waals surface area contributed by atoms with Crippen molar-refractivity contribution in [3.05, 3.63) is 36.2 Å². The average Bonchev–Trinajstić information content (AvgIpc) is 1.94. The van der Waals surface area contributed by atoms with Crippen LogP contribution in [0.4, 0.5) is 0 Å². The van der Waals surface area contributed by atoms with E-state index in [2.05, 4.69) is 0 Å². The summed E-state index contributed by atoms with van der Waals surface area (Å²) in [5.74, 6) is 0.134. The standard InChI is InChI=1S/C8H7O2/c9-6-5-7-3-1-2-4-8(7)10/h1-6,10H. The molecule has 0 atom stereocenters. The maximum Gasteiger partial charge on any atom is 0.128 e. The zero-order valence-electron chi connectivity index (χ0n) is 5.32. The largest absolute Gasteiger partial charge is 0.508 e. The van der Waals surface area contributed by atoms with E-state index in [0.29, 0.717) is 11.8 Å². The van der Waals surface area contributed by atoms with Gasteiger partial charge in [0, 0.05) is 5.56 Å². The summed E-state index contributed by atoms with van der Waals surface area (Å²) in [6.07, 6.45) is 1.96. The Labute approximate surface area is 59.1 Å². The SMILES string of the molecule is O=C[CH]c1ccccc1O. The highest BCUT2D eigenvalue weighted by atomic mass is 16.3. The molecule has 0 bridgehead atoms. The monoisotopic (exact) mass is 135 g/mol. The summed E-state index contributed by atoms with van der Waals surface area (Å²) >= 11 is 0. The Bertz CT molecular complexity index is 230. The third-order valence-corrected chi connectivity index (χ3v) is 1.18. The van der Waals surface area contributed by atoms with Gasteiger partial charge >= 0.3 is 0 Å². The number of rotatable bonds is 2. The van der Waals surface area contributed by atoms with Crippen molar-refractivity contribution in [2.75, 3.05) is 0 Å². The lowest BCUT2D eigenvalue weighted by atomic mass is 10.1. The van der Waals surface area contributed by atoms with Crippen LogP contribution in [0.25, 0.3) is 0 Å². The maximum absolute atomic E-state index is 9.96. The van der Waals surface area contributed by atoms with Crippen LogP contribution in [0.5, 0.6) is 5.75 Å². The smallest absolute Gasteiger partial charge is 0.128 e. The van der Waals surface area contributed by atoms with E-state index < -0.39 is 0 Å². The van der Waals surface area contributed by atoms with Gasteiger partial charge in [-0.2, -0.15) is 0 Å². The summed E-state index contributed by atoms with van der Waals surface area (Å²) in [7, 11) is 0. The number of phenolic OH excluding ortho intramolecular Hbond substituents is 1. The molecule has 2 nitrogen and oxygen atoms in total. The highest BCUT2D eigenvalue weighted by Crippen LogP contribution is 2.15. The minimum absolute atomic E-state index is 0.134. The first-order valence-electron chi connectivity index (χ1n) is 2.91. The van der Waals surface area contributed by atoms with Gasteiger partial charge in [-0.25, -0.2) is 0 Å². The van der Waals surface area contributed by atoms with E-state index in [4.69, 9.17) is 5.11 Å². The Balaban J connectivity index is 2.91. The van der Waals surface area contributed by atoms with E-state index in [-0.39, 0.29) is 5.75 Å². The Hall–Kier alpha value is -1.31. The summed E-state index contributed by atoms with van der Waals surface area (Å²) in [6.45, 7) is 0. The molecule has 0 saturated heterocycles. The third-order valence-electron chi connectivity index (χ3n) is 1.18. The molecule has 1 aromatic carbocycles. The molecule has 10 heavy (non-hydrogen) atoms. The zero-order chi connectivity index (χ0) is 7.40. The van der Waals surface area contributed by atoms with Gasteiger partial charge in [0.1, 0.15) is 12.0 Å². The van der Waals surface area contributed by atoms with E-state index >= 15 is 0 Å². The van der Waals surface area contributed by atoms with Crippen LogP contribution in [-0.2, 0) is 4.79 Å². The summed E-state index contributed by atoms with van der Waals surface area (Å²) < 4.78 is 0. The summed E-state index contributed by atoms with van der Waals surface area (Å²) in [5, 5.41) is 9.05. The first kappa shape index (κ1) is 6.81. The number of benzene rings is 1. The van der Waals surface area contributed by atoms with Gasteiger partial charge in [0.25, 0.3) is 0 Å². The molecule has 51 valence electrons. The normalized spacial score (nSPS) is 9.20. The van der Waals surface area contributed by atoms with Gasteiger partial charge in [-0.3, -0.25) is 0 Å². The fourth-order valence-corrected chi connectivity index (χ4v) is 0.702. The van der Waals surface area contributed by atoms with E-state index in [1.165, 1.54) is 12.5 Å². The maximum atomic E-state index is 9.96. The van der Waals surface area contributed by atoms with Crippen molar-refractivity contribution < 1.29 is 9.90 Å². The first-order chi connectivity index (χ1) is 4.84. The molecule has 0 aliphatic heterocycles. The lowest BCUT2D eigenvalue weighted by Crippen LogP contribution is -1.81. The second-order valence-corrected chi connectivity index (χ2v) is 1.86. The molecule has 1 rings (SSSR count). The van der Waals surface area contributed by atoms with Crippen LogP contribution < -0.4 is 0 Å². The van der Waals surface area contributed by atoms with Crippen molar-refractivity contribution in [3.63, 3.8) is 0 Å². The molecule has 0 saturated carbocycles. The zero-order valence-corrected chi connectivity index (χ0v) is 5.32. The van der Waals surface area contributed by atoms with E-state index in [1.807, 2.05) is 0 Å². The van der Waals surface area contributed by atoms with Crippen LogP contribution in [0.15, 0.2) is 24.3 Å². The lowest BCUT2D eigenvalue weighted by molar-refractivity contribution is -0.104. The first-order valence-corrected chi connectivity index (χ1v) is 2.91. The summed E-state index contributed by atoms with van der Waals surface area (Å²) in [4.78, 5) is 9.96. The van der Waals surface area contributed by atoms with Crippen molar-refractivity contribution in [2.45, 2.75) is 0 Å². The van der Waals surface area contributed by atoms with Crippen molar-refractivity contribution in [1.82, 2.24) is 0 Å². The molecule has 1 radical (unpaired) electrons. The molecule has 0 amide bonds. The van der Waals surface area contributed by atoms with Gasteiger partial charge in [-0.1, -0.05) is 18.2 Å². The van der Waals surface area contributed by atoms with Crippen LogP contribution in [-0.4, -0.2) is 11.4 Å². The molecule has 0 unspecified atom stereocenters. The molecule has 0 fully saturated rings. The van der Waals surface area contributed by atoms with Gasteiger partial charge in [-0.05, 0) is 6.07 Å². The van der Waals surface area contributed by atoms with E-state index in [9.17, 15) is 4.79 Å². The number of aromatic hydroxyl groups is 1. The van der Waals surface area contributed by atoms with E-state index in [1.54, 1.807) is 18.2 Å². The fourth-order valence-electron chi connectivity index (χ4n) is 0.702. The highest BCUT2D eigenvalue weighted by Gasteiger charge is 1.96. The number of hydrogen-bond donors (Lipinski definition) is 1. The molecule has 0 aliphatic rings. The Kier molecular flexibility index (Phi) is 2.05.